The van der Waals surface area contributed by atoms with E-state index in [1.807, 2.05) is 12.1 Å². The van der Waals surface area contributed by atoms with Crippen molar-refractivity contribution in [1.29, 1.82) is 0 Å². The largest absolute Gasteiger partial charge is 0.389 e. The Balaban J connectivity index is 1.92. The first-order valence-electron chi connectivity index (χ1n) is 6.67. The normalized spacial score (nSPS) is 12.5. The lowest BCUT2D eigenvalue weighted by molar-refractivity contribution is 0.0354. The predicted octanol–water partition coefficient (Wildman–Crippen LogP) is 0.628. The highest BCUT2D eigenvalue weighted by Crippen LogP contribution is 2.00. The molecule has 0 aromatic carbocycles. The van der Waals surface area contributed by atoms with Gasteiger partial charge in [-0.1, -0.05) is 0 Å². The van der Waals surface area contributed by atoms with E-state index >= 15 is 0 Å². The third-order valence-electron chi connectivity index (χ3n) is 2.68. The van der Waals surface area contributed by atoms with E-state index in [2.05, 4.69) is 10.3 Å². The van der Waals surface area contributed by atoms with Crippen molar-refractivity contribution in [3.05, 3.63) is 30.1 Å². The van der Waals surface area contributed by atoms with Gasteiger partial charge in [0, 0.05) is 39.2 Å². The highest BCUT2D eigenvalue weighted by Gasteiger charge is 2.03. The average molecular weight is 268 g/mol. The summed E-state index contributed by atoms with van der Waals surface area (Å²) in [4.78, 5) is 3.97. The van der Waals surface area contributed by atoms with Gasteiger partial charge in [-0.05, 0) is 30.5 Å². The van der Waals surface area contributed by atoms with Gasteiger partial charge >= 0.3 is 0 Å². The van der Waals surface area contributed by atoms with Gasteiger partial charge in [0.2, 0.25) is 0 Å². The Hall–Kier alpha value is -1.01. The van der Waals surface area contributed by atoms with Gasteiger partial charge in [0.05, 0.1) is 19.3 Å². The molecular weight excluding hydrogens is 244 g/mol. The third kappa shape index (κ3) is 8.67. The van der Waals surface area contributed by atoms with Crippen molar-refractivity contribution in [1.82, 2.24) is 10.3 Å². The number of rotatable bonds is 11. The van der Waals surface area contributed by atoms with Crippen LogP contribution in [0.5, 0.6) is 0 Å². The Kier molecular flexibility index (Phi) is 9.18. The Morgan fingerprint density at radius 3 is 2.84 bits per heavy atom. The van der Waals surface area contributed by atoms with Crippen LogP contribution in [0.15, 0.2) is 24.5 Å². The summed E-state index contributed by atoms with van der Waals surface area (Å²) in [5.41, 5.74) is 1.26. The zero-order valence-electron chi connectivity index (χ0n) is 11.5. The predicted molar refractivity (Wildman–Crippen MR) is 74.1 cm³/mol. The Morgan fingerprint density at radius 1 is 1.32 bits per heavy atom. The molecule has 1 aromatic heterocycles. The molecule has 0 aliphatic heterocycles. The van der Waals surface area contributed by atoms with E-state index in [-0.39, 0.29) is 0 Å². The van der Waals surface area contributed by atoms with E-state index in [4.69, 9.17) is 9.47 Å². The number of pyridine rings is 1. The molecular formula is C14H24N2O3. The number of hydrogen-bond donors (Lipinski definition) is 2. The molecule has 108 valence electrons. The number of hydrogen-bond acceptors (Lipinski definition) is 5. The minimum Gasteiger partial charge on any atom is -0.389 e. The van der Waals surface area contributed by atoms with Gasteiger partial charge in [-0.2, -0.15) is 0 Å². The number of aryl methyl sites for hydroxylation is 1. The summed E-state index contributed by atoms with van der Waals surface area (Å²) < 4.78 is 10.3. The average Bonchev–Trinajstić information content (AvgIpc) is 2.44. The molecule has 0 aliphatic carbocycles. The molecule has 1 aromatic rings. The molecule has 0 amide bonds. The monoisotopic (exact) mass is 268 g/mol. The number of aromatic nitrogens is 1. The molecule has 0 radical (unpaired) electrons. The molecule has 0 saturated carbocycles. The molecule has 0 bridgehead atoms. The van der Waals surface area contributed by atoms with Crippen LogP contribution in [0.1, 0.15) is 12.0 Å². The van der Waals surface area contributed by atoms with Crippen LogP contribution >= 0.6 is 0 Å². The maximum atomic E-state index is 9.63. The van der Waals surface area contributed by atoms with Crippen LogP contribution in [0, 0.1) is 0 Å². The van der Waals surface area contributed by atoms with E-state index in [1.165, 1.54) is 5.56 Å². The topological polar surface area (TPSA) is 63.6 Å². The fourth-order valence-corrected chi connectivity index (χ4v) is 1.65. The number of aliphatic hydroxyl groups excluding tert-OH is 1. The summed E-state index contributed by atoms with van der Waals surface area (Å²) in [6.07, 6.45) is 5.06. The SMILES string of the molecule is COCCNCC(O)COCCCc1ccncc1. The van der Waals surface area contributed by atoms with Crippen LogP contribution in [0.25, 0.3) is 0 Å². The van der Waals surface area contributed by atoms with Gasteiger partial charge in [-0.3, -0.25) is 4.98 Å². The highest BCUT2D eigenvalue weighted by atomic mass is 16.5. The van der Waals surface area contributed by atoms with E-state index in [0.717, 1.165) is 19.4 Å². The first-order valence-corrected chi connectivity index (χ1v) is 6.67. The van der Waals surface area contributed by atoms with E-state index < -0.39 is 6.10 Å². The van der Waals surface area contributed by atoms with Crippen molar-refractivity contribution in [2.24, 2.45) is 0 Å². The molecule has 1 rings (SSSR count). The highest BCUT2D eigenvalue weighted by molar-refractivity contribution is 5.09. The number of methoxy groups -OCH3 is 1. The molecule has 1 heterocycles. The zero-order chi connectivity index (χ0) is 13.8. The fourth-order valence-electron chi connectivity index (χ4n) is 1.65. The zero-order valence-corrected chi connectivity index (χ0v) is 11.5. The molecule has 1 unspecified atom stereocenters. The molecule has 1 atom stereocenters. The molecule has 5 nitrogen and oxygen atoms in total. The van der Waals surface area contributed by atoms with Gasteiger partial charge < -0.3 is 19.9 Å². The van der Waals surface area contributed by atoms with Crippen molar-refractivity contribution in [2.75, 3.05) is 40.0 Å². The maximum Gasteiger partial charge on any atom is 0.0897 e. The number of aliphatic hydroxyl groups is 1. The Labute approximate surface area is 115 Å². The van der Waals surface area contributed by atoms with E-state index in [9.17, 15) is 5.11 Å². The molecule has 0 aliphatic rings. The van der Waals surface area contributed by atoms with Crippen molar-refractivity contribution in [3.63, 3.8) is 0 Å². The lowest BCUT2D eigenvalue weighted by Crippen LogP contribution is -2.32. The molecule has 0 spiro atoms. The summed E-state index contributed by atoms with van der Waals surface area (Å²) in [6, 6.07) is 4.02. The van der Waals surface area contributed by atoms with E-state index in [1.54, 1.807) is 19.5 Å². The standard InChI is InChI=1S/C14H24N2O3/c1-18-10-8-16-11-14(17)12-19-9-2-3-13-4-6-15-7-5-13/h4-7,14,16-17H,2-3,8-12H2,1H3. The molecule has 5 heteroatoms. The lowest BCUT2D eigenvalue weighted by atomic mass is 10.1. The van der Waals surface area contributed by atoms with Crippen LogP contribution in [0.2, 0.25) is 0 Å². The van der Waals surface area contributed by atoms with Gasteiger partial charge in [-0.25, -0.2) is 0 Å². The van der Waals surface area contributed by atoms with Crippen LogP contribution in [-0.2, 0) is 15.9 Å². The minimum absolute atomic E-state index is 0.371. The fraction of sp³-hybridized carbons (Fsp3) is 0.643. The first-order chi connectivity index (χ1) is 9.33. The second-order valence-electron chi connectivity index (χ2n) is 4.38. The van der Waals surface area contributed by atoms with Gasteiger partial charge in [-0.15, -0.1) is 0 Å². The summed E-state index contributed by atoms with van der Waals surface area (Å²) in [7, 11) is 1.66. The summed E-state index contributed by atoms with van der Waals surface area (Å²) in [5.74, 6) is 0. The van der Waals surface area contributed by atoms with Crippen molar-refractivity contribution in [2.45, 2.75) is 18.9 Å². The van der Waals surface area contributed by atoms with Crippen molar-refractivity contribution < 1.29 is 14.6 Å². The lowest BCUT2D eigenvalue weighted by Gasteiger charge is -2.12. The molecule has 2 N–H and O–H groups in total. The van der Waals surface area contributed by atoms with Crippen LogP contribution in [-0.4, -0.2) is 56.2 Å². The minimum atomic E-state index is -0.460. The van der Waals surface area contributed by atoms with Gasteiger partial charge in [0.25, 0.3) is 0 Å². The Bertz CT molecular complexity index is 309. The second-order valence-corrected chi connectivity index (χ2v) is 4.38. The quantitative estimate of drug-likeness (QED) is 0.576. The third-order valence-corrected chi connectivity index (χ3v) is 2.68. The Morgan fingerprint density at radius 2 is 2.11 bits per heavy atom. The maximum absolute atomic E-state index is 9.63. The van der Waals surface area contributed by atoms with Crippen LogP contribution in [0.4, 0.5) is 0 Å². The number of nitrogens with zero attached hydrogens (tertiary/aromatic N) is 1. The van der Waals surface area contributed by atoms with Gasteiger partial charge in [0.15, 0.2) is 0 Å². The molecule has 0 fully saturated rings. The summed E-state index contributed by atoms with van der Waals surface area (Å²) >= 11 is 0. The second kappa shape index (κ2) is 10.9. The summed E-state index contributed by atoms with van der Waals surface area (Å²) in [5, 5.41) is 12.7. The van der Waals surface area contributed by atoms with Crippen LogP contribution in [0.3, 0.4) is 0 Å². The molecule has 0 saturated heterocycles. The van der Waals surface area contributed by atoms with Crippen molar-refractivity contribution in [3.8, 4) is 0 Å². The number of nitrogens with one attached hydrogen (secondary N) is 1. The smallest absolute Gasteiger partial charge is 0.0897 e. The number of ether oxygens (including phenoxy) is 2. The van der Waals surface area contributed by atoms with Gasteiger partial charge in [0.1, 0.15) is 0 Å². The van der Waals surface area contributed by atoms with Crippen molar-refractivity contribution >= 4 is 0 Å². The first kappa shape index (κ1) is 16.0. The molecule has 19 heavy (non-hydrogen) atoms. The van der Waals surface area contributed by atoms with Crippen LogP contribution < -0.4 is 5.32 Å². The van der Waals surface area contributed by atoms with E-state index in [0.29, 0.717) is 26.4 Å². The summed E-state index contributed by atoms with van der Waals surface area (Å²) in [6.45, 7) is 2.97.